The summed E-state index contributed by atoms with van der Waals surface area (Å²) in [5, 5.41) is 0. The van der Waals surface area contributed by atoms with Gasteiger partial charge in [0.15, 0.2) is 0 Å². The highest BCUT2D eigenvalue weighted by Gasteiger charge is 2.01. The molecule has 0 saturated heterocycles. The first-order valence-corrected chi connectivity index (χ1v) is 5.17. The molecule has 0 unspecified atom stereocenters. The Morgan fingerprint density at radius 3 is 2.86 bits per heavy atom. The zero-order valence-corrected chi connectivity index (χ0v) is 9.71. The molecule has 1 aromatic carbocycles. The Hall–Kier alpha value is -0.580. The Morgan fingerprint density at radius 1 is 1.43 bits per heavy atom. The van der Waals surface area contributed by atoms with E-state index in [4.69, 9.17) is 15.2 Å². The van der Waals surface area contributed by atoms with E-state index in [1.54, 1.807) is 7.11 Å². The molecule has 0 spiro atoms. The number of rotatable bonds is 5. The number of hydrogen-bond donors (Lipinski definition) is 1. The van der Waals surface area contributed by atoms with Crippen molar-refractivity contribution in [1.29, 1.82) is 0 Å². The van der Waals surface area contributed by atoms with Gasteiger partial charge in [0, 0.05) is 11.0 Å². The van der Waals surface area contributed by atoms with E-state index in [9.17, 15) is 0 Å². The maximum Gasteiger partial charge on any atom is 0.119 e. The van der Waals surface area contributed by atoms with E-state index in [1.807, 2.05) is 18.2 Å². The first-order chi connectivity index (χ1) is 6.77. The second-order valence-corrected chi connectivity index (χ2v) is 3.65. The van der Waals surface area contributed by atoms with E-state index in [2.05, 4.69) is 15.9 Å². The van der Waals surface area contributed by atoms with Crippen LogP contribution in [0.2, 0.25) is 0 Å². The van der Waals surface area contributed by atoms with Gasteiger partial charge in [-0.05, 0) is 23.8 Å². The minimum atomic E-state index is 0.543. The van der Waals surface area contributed by atoms with E-state index in [0.717, 1.165) is 15.8 Å². The Labute approximate surface area is 92.3 Å². The van der Waals surface area contributed by atoms with Crippen LogP contribution in [-0.2, 0) is 11.3 Å². The third-order valence-corrected chi connectivity index (χ3v) is 2.55. The normalized spacial score (nSPS) is 10.2. The van der Waals surface area contributed by atoms with Crippen LogP contribution >= 0.6 is 15.9 Å². The lowest BCUT2D eigenvalue weighted by molar-refractivity contribution is 0.127. The van der Waals surface area contributed by atoms with Gasteiger partial charge in [-0.25, -0.2) is 0 Å². The van der Waals surface area contributed by atoms with Crippen LogP contribution in [0.25, 0.3) is 0 Å². The zero-order valence-electron chi connectivity index (χ0n) is 8.13. The summed E-state index contributed by atoms with van der Waals surface area (Å²) in [5.74, 6) is 0.833. The summed E-state index contributed by atoms with van der Waals surface area (Å²) >= 11 is 3.44. The molecular formula is C10H14BrNO2. The molecular weight excluding hydrogens is 246 g/mol. The minimum absolute atomic E-state index is 0.543. The number of benzene rings is 1. The molecule has 0 aliphatic carbocycles. The van der Waals surface area contributed by atoms with Crippen LogP contribution in [0.3, 0.4) is 0 Å². The molecule has 0 aliphatic rings. The molecule has 3 nitrogen and oxygen atoms in total. The summed E-state index contributed by atoms with van der Waals surface area (Å²) < 4.78 is 11.5. The van der Waals surface area contributed by atoms with Gasteiger partial charge in [0.2, 0.25) is 0 Å². The lowest BCUT2D eigenvalue weighted by atomic mass is 10.2. The summed E-state index contributed by atoms with van der Waals surface area (Å²) in [6, 6.07) is 5.79. The largest absolute Gasteiger partial charge is 0.497 e. The standard InChI is InChI=1S/C10H14BrNO2/c1-13-9-2-3-10(11)8(6-9)7-14-5-4-12/h2-3,6H,4-5,7,12H2,1H3. The molecule has 0 aromatic heterocycles. The predicted octanol–water partition coefficient (Wildman–Crippen LogP) is 1.93. The fraction of sp³-hybridized carbons (Fsp3) is 0.400. The smallest absolute Gasteiger partial charge is 0.119 e. The summed E-state index contributed by atoms with van der Waals surface area (Å²) in [6.07, 6.45) is 0. The van der Waals surface area contributed by atoms with Crippen molar-refractivity contribution in [2.45, 2.75) is 6.61 Å². The molecule has 0 aliphatic heterocycles. The van der Waals surface area contributed by atoms with Crippen molar-refractivity contribution in [2.24, 2.45) is 5.73 Å². The molecule has 0 bridgehead atoms. The van der Waals surface area contributed by atoms with Crippen LogP contribution < -0.4 is 10.5 Å². The predicted molar refractivity (Wildman–Crippen MR) is 59.4 cm³/mol. The third-order valence-electron chi connectivity index (χ3n) is 1.77. The number of methoxy groups -OCH3 is 1. The molecule has 4 heteroatoms. The van der Waals surface area contributed by atoms with Crippen molar-refractivity contribution in [3.8, 4) is 5.75 Å². The number of halogens is 1. The first kappa shape index (κ1) is 11.5. The average molecular weight is 260 g/mol. The lowest BCUT2D eigenvalue weighted by Gasteiger charge is -2.07. The van der Waals surface area contributed by atoms with Crippen LogP contribution in [0.15, 0.2) is 22.7 Å². The fourth-order valence-electron chi connectivity index (χ4n) is 1.05. The van der Waals surface area contributed by atoms with E-state index in [0.29, 0.717) is 19.8 Å². The summed E-state index contributed by atoms with van der Waals surface area (Å²) in [4.78, 5) is 0. The minimum Gasteiger partial charge on any atom is -0.497 e. The number of nitrogens with two attached hydrogens (primary N) is 1. The van der Waals surface area contributed by atoms with Gasteiger partial charge in [0.1, 0.15) is 5.75 Å². The van der Waals surface area contributed by atoms with E-state index >= 15 is 0 Å². The number of ether oxygens (including phenoxy) is 2. The van der Waals surface area contributed by atoms with Crippen molar-refractivity contribution in [1.82, 2.24) is 0 Å². The second-order valence-electron chi connectivity index (χ2n) is 2.80. The monoisotopic (exact) mass is 259 g/mol. The zero-order chi connectivity index (χ0) is 10.4. The topological polar surface area (TPSA) is 44.5 Å². The van der Waals surface area contributed by atoms with Crippen LogP contribution in [0.1, 0.15) is 5.56 Å². The van der Waals surface area contributed by atoms with Crippen molar-refractivity contribution in [2.75, 3.05) is 20.3 Å². The average Bonchev–Trinajstić information content (AvgIpc) is 2.21. The molecule has 14 heavy (non-hydrogen) atoms. The summed E-state index contributed by atoms with van der Waals surface area (Å²) in [7, 11) is 1.65. The number of hydrogen-bond acceptors (Lipinski definition) is 3. The SMILES string of the molecule is COc1ccc(Br)c(COCCN)c1. The molecule has 0 amide bonds. The van der Waals surface area contributed by atoms with Crippen molar-refractivity contribution < 1.29 is 9.47 Å². The quantitative estimate of drug-likeness (QED) is 0.823. The van der Waals surface area contributed by atoms with Gasteiger partial charge in [0.05, 0.1) is 20.3 Å². The Morgan fingerprint density at radius 2 is 2.21 bits per heavy atom. The highest BCUT2D eigenvalue weighted by molar-refractivity contribution is 9.10. The summed E-state index contributed by atoms with van der Waals surface area (Å²) in [6.45, 7) is 1.67. The lowest BCUT2D eigenvalue weighted by Crippen LogP contribution is -2.08. The van der Waals surface area contributed by atoms with Gasteiger partial charge in [-0.3, -0.25) is 0 Å². The van der Waals surface area contributed by atoms with Gasteiger partial charge < -0.3 is 15.2 Å². The first-order valence-electron chi connectivity index (χ1n) is 4.38. The summed E-state index contributed by atoms with van der Waals surface area (Å²) in [5.41, 5.74) is 6.39. The van der Waals surface area contributed by atoms with Gasteiger partial charge in [-0.2, -0.15) is 0 Å². The van der Waals surface area contributed by atoms with Gasteiger partial charge >= 0.3 is 0 Å². The molecule has 0 heterocycles. The molecule has 0 radical (unpaired) electrons. The van der Waals surface area contributed by atoms with Crippen molar-refractivity contribution in [3.05, 3.63) is 28.2 Å². The van der Waals surface area contributed by atoms with E-state index < -0.39 is 0 Å². The molecule has 2 N–H and O–H groups in total. The Bertz CT molecular complexity index is 291. The van der Waals surface area contributed by atoms with Crippen molar-refractivity contribution >= 4 is 15.9 Å². The maximum atomic E-state index is 5.34. The highest BCUT2D eigenvalue weighted by atomic mass is 79.9. The van der Waals surface area contributed by atoms with Crippen LogP contribution in [0.5, 0.6) is 5.75 Å². The molecule has 0 saturated carbocycles. The van der Waals surface area contributed by atoms with Gasteiger partial charge in [0.25, 0.3) is 0 Å². The Kier molecular flexibility index (Phi) is 4.93. The highest BCUT2D eigenvalue weighted by Crippen LogP contribution is 2.22. The molecule has 0 fully saturated rings. The molecule has 1 aromatic rings. The second kappa shape index (κ2) is 6.01. The third kappa shape index (κ3) is 3.29. The van der Waals surface area contributed by atoms with E-state index in [-0.39, 0.29) is 0 Å². The fourth-order valence-corrected chi connectivity index (χ4v) is 1.42. The molecule has 1 rings (SSSR count). The maximum absolute atomic E-state index is 5.34. The van der Waals surface area contributed by atoms with Crippen LogP contribution in [0.4, 0.5) is 0 Å². The van der Waals surface area contributed by atoms with E-state index in [1.165, 1.54) is 0 Å². The Balaban J connectivity index is 2.64. The van der Waals surface area contributed by atoms with Gasteiger partial charge in [-0.15, -0.1) is 0 Å². The molecule has 78 valence electrons. The van der Waals surface area contributed by atoms with Crippen LogP contribution in [0, 0.1) is 0 Å². The molecule has 0 atom stereocenters. The van der Waals surface area contributed by atoms with Gasteiger partial charge in [-0.1, -0.05) is 15.9 Å². The van der Waals surface area contributed by atoms with Crippen LogP contribution in [-0.4, -0.2) is 20.3 Å². The van der Waals surface area contributed by atoms with Crippen molar-refractivity contribution in [3.63, 3.8) is 0 Å².